The summed E-state index contributed by atoms with van der Waals surface area (Å²) in [5.41, 5.74) is 2.57. The van der Waals surface area contributed by atoms with Crippen LogP contribution in [0, 0.1) is 0 Å². The van der Waals surface area contributed by atoms with Crippen molar-refractivity contribution in [2.75, 3.05) is 36.5 Å². The van der Waals surface area contributed by atoms with E-state index in [1.165, 1.54) is 0 Å². The molecule has 3 heterocycles. The molecule has 2 aromatic rings. The zero-order valence-electron chi connectivity index (χ0n) is 17.0. The van der Waals surface area contributed by atoms with Gasteiger partial charge < -0.3 is 14.8 Å². The molecule has 5 rings (SSSR count). The molecule has 0 saturated carbocycles. The van der Waals surface area contributed by atoms with E-state index < -0.39 is 0 Å². The van der Waals surface area contributed by atoms with Gasteiger partial charge in [-0.1, -0.05) is 18.2 Å². The molecular formula is C23H25N3O4. The van der Waals surface area contributed by atoms with Crippen molar-refractivity contribution >= 4 is 23.2 Å². The Hall–Kier alpha value is -3.06. The summed E-state index contributed by atoms with van der Waals surface area (Å²) in [6.07, 6.45) is 2.00. The summed E-state index contributed by atoms with van der Waals surface area (Å²) in [5.74, 6) is 1.32. The van der Waals surface area contributed by atoms with Crippen molar-refractivity contribution < 1.29 is 19.1 Å². The Morgan fingerprint density at radius 1 is 1.13 bits per heavy atom. The Bertz CT molecular complexity index is 992. The SMILES string of the molecule is C[C@H](C(=O)N1CC(=O)Nc2ccccc21)N1CCC[C@H]1c1ccc2c(c1)OCCO2. The van der Waals surface area contributed by atoms with Gasteiger partial charge >= 0.3 is 0 Å². The number of carbonyl (C=O) groups excluding carboxylic acids is 2. The second-order valence-electron chi connectivity index (χ2n) is 7.96. The molecule has 156 valence electrons. The van der Waals surface area contributed by atoms with Crippen molar-refractivity contribution in [3.63, 3.8) is 0 Å². The van der Waals surface area contributed by atoms with Gasteiger partial charge in [0.2, 0.25) is 11.8 Å². The second-order valence-corrected chi connectivity index (χ2v) is 7.96. The Balaban J connectivity index is 1.40. The Morgan fingerprint density at radius 3 is 2.80 bits per heavy atom. The molecule has 30 heavy (non-hydrogen) atoms. The normalized spacial score (nSPS) is 21.7. The van der Waals surface area contributed by atoms with Crippen LogP contribution in [0.3, 0.4) is 0 Å². The first kappa shape index (κ1) is 18.9. The zero-order chi connectivity index (χ0) is 20.7. The number of rotatable bonds is 3. The fourth-order valence-electron chi connectivity index (χ4n) is 4.68. The number of anilines is 2. The molecule has 2 amide bonds. The highest BCUT2D eigenvalue weighted by atomic mass is 16.6. The van der Waals surface area contributed by atoms with E-state index in [-0.39, 0.29) is 30.4 Å². The molecule has 7 heteroatoms. The van der Waals surface area contributed by atoms with E-state index in [1.807, 2.05) is 43.3 Å². The highest BCUT2D eigenvalue weighted by Crippen LogP contribution is 2.39. The highest BCUT2D eigenvalue weighted by molar-refractivity contribution is 6.11. The predicted molar refractivity (Wildman–Crippen MR) is 113 cm³/mol. The fourth-order valence-corrected chi connectivity index (χ4v) is 4.68. The molecule has 7 nitrogen and oxygen atoms in total. The van der Waals surface area contributed by atoms with Crippen LogP contribution in [0.1, 0.15) is 31.4 Å². The molecule has 0 radical (unpaired) electrons. The van der Waals surface area contributed by atoms with Gasteiger partial charge in [-0.2, -0.15) is 0 Å². The van der Waals surface area contributed by atoms with Crippen LogP contribution in [-0.2, 0) is 9.59 Å². The lowest BCUT2D eigenvalue weighted by Crippen LogP contribution is -2.51. The van der Waals surface area contributed by atoms with Crippen LogP contribution in [0.5, 0.6) is 11.5 Å². The van der Waals surface area contributed by atoms with E-state index in [1.54, 1.807) is 4.90 Å². The van der Waals surface area contributed by atoms with E-state index in [9.17, 15) is 9.59 Å². The minimum atomic E-state index is -0.343. The van der Waals surface area contributed by atoms with Gasteiger partial charge in [-0.15, -0.1) is 0 Å². The van der Waals surface area contributed by atoms with Gasteiger partial charge in [-0.05, 0) is 56.1 Å². The zero-order valence-corrected chi connectivity index (χ0v) is 17.0. The summed E-state index contributed by atoms with van der Waals surface area (Å²) in [5, 5.41) is 2.84. The number of fused-ring (bicyclic) bond motifs is 2. The number of nitrogens with one attached hydrogen (secondary N) is 1. The first-order valence-electron chi connectivity index (χ1n) is 10.5. The minimum absolute atomic E-state index is 0.0444. The molecule has 3 aliphatic heterocycles. The van der Waals surface area contributed by atoms with Crippen molar-refractivity contribution in [2.45, 2.75) is 31.8 Å². The van der Waals surface area contributed by atoms with Gasteiger partial charge in [-0.3, -0.25) is 19.4 Å². The summed E-state index contributed by atoms with van der Waals surface area (Å²) >= 11 is 0. The number of para-hydroxylation sites is 2. The lowest BCUT2D eigenvalue weighted by Gasteiger charge is -2.36. The van der Waals surface area contributed by atoms with Gasteiger partial charge in [-0.25, -0.2) is 0 Å². The van der Waals surface area contributed by atoms with Crippen LogP contribution < -0.4 is 19.7 Å². The summed E-state index contributed by atoms with van der Waals surface area (Å²) in [4.78, 5) is 29.5. The summed E-state index contributed by atoms with van der Waals surface area (Å²) in [7, 11) is 0. The van der Waals surface area contributed by atoms with Gasteiger partial charge in [0.05, 0.1) is 17.4 Å². The number of benzene rings is 2. The first-order valence-corrected chi connectivity index (χ1v) is 10.5. The molecule has 3 aliphatic rings. The van der Waals surface area contributed by atoms with Crippen LogP contribution in [-0.4, -0.2) is 49.1 Å². The average molecular weight is 407 g/mol. The lowest BCUT2D eigenvalue weighted by molar-refractivity contribution is -0.125. The van der Waals surface area contributed by atoms with Crippen LogP contribution in [0.15, 0.2) is 42.5 Å². The summed E-state index contributed by atoms with van der Waals surface area (Å²) in [6, 6.07) is 13.3. The number of hydrogen-bond donors (Lipinski definition) is 1. The maximum absolute atomic E-state index is 13.5. The fraction of sp³-hybridized carbons (Fsp3) is 0.391. The quantitative estimate of drug-likeness (QED) is 0.847. The third-order valence-corrected chi connectivity index (χ3v) is 6.14. The number of amides is 2. The largest absolute Gasteiger partial charge is 0.486 e. The van der Waals surface area contributed by atoms with Gasteiger partial charge in [0.1, 0.15) is 19.8 Å². The van der Waals surface area contributed by atoms with E-state index in [0.29, 0.717) is 18.9 Å². The number of carbonyl (C=O) groups is 2. The second kappa shape index (κ2) is 7.65. The Morgan fingerprint density at radius 2 is 1.93 bits per heavy atom. The number of likely N-dealkylation sites (tertiary alicyclic amines) is 1. The van der Waals surface area contributed by atoms with Crippen molar-refractivity contribution in [1.82, 2.24) is 4.90 Å². The maximum atomic E-state index is 13.5. The molecule has 1 N–H and O–H groups in total. The maximum Gasteiger partial charge on any atom is 0.244 e. The van der Waals surface area contributed by atoms with Crippen LogP contribution in [0.2, 0.25) is 0 Å². The molecule has 1 saturated heterocycles. The van der Waals surface area contributed by atoms with E-state index >= 15 is 0 Å². The van der Waals surface area contributed by atoms with E-state index in [0.717, 1.165) is 42.1 Å². The van der Waals surface area contributed by atoms with E-state index in [2.05, 4.69) is 16.3 Å². The molecule has 2 atom stereocenters. The van der Waals surface area contributed by atoms with Crippen LogP contribution >= 0.6 is 0 Å². The third kappa shape index (κ3) is 3.29. The predicted octanol–water partition coefficient (Wildman–Crippen LogP) is 2.97. The van der Waals surface area contributed by atoms with Crippen LogP contribution in [0.25, 0.3) is 0 Å². The van der Waals surface area contributed by atoms with Crippen LogP contribution in [0.4, 0.5) is 11.4 Å². The molecule has 0 aliphatic carbocycles. The number of ether oxygens (including phenoxy) is 2. The average Bonchev–Trinajstić information content (AvgIpc) is 3.27. The summed E-state index contributed by atoms with van der Waals surface area (Å²) < 4.78 is 11.4. The summed E-state index contributed by atoms with van der Waals surface area (Å²) in [6.45, 7) is 3.94. The monoisotopic (exact) mass is 407 g/mol. The molecule has 1 fully saturated rings. The van der Waals surface area contributed by atoms with Gasteiger partial charge in [0.15, 0.2) is 11.5 Å². The molecule has 0 unspecified atom stereocenters. The molecule has 0 spiro atoms. The topological polar surface area (TPSA) is 71.1 Å². The number of hydrogen-bond acceptors (Lipinski definition) is 5. The van der Waals surface area contributed by atoms with Crippen molar-refractivity contribution in [3.05, 3.63) is 48.0 Å². The molecule has 0 bridgehead atoms. The lowest BCUT2D eigenvalue weighted by atomic mass is 10.0. The Kier molecular flexibility index (Phi) is 4.83. The molecule has 0 aromatic heterocycles. The minimum Gasteiger partial charge on any atom is -0.486 e. The van der Waals surface area contributed by atoms with Gasteiger partial charge in [0.25, 0.3) is 0 Å². The Labute approximate surface area is 175 Å². The first-order chi connectivity index (χ1) is 14.6. The standard InChI is InChI=1S/C23H25N3O4/c1-15(23(28)26-14-22(27)24-17-5-2-3-6-19(17)26)25-10-4-7-18(25)16-8-9-20-21(13-16)30-12-11-29-20/h2-3,5-6,8-9,13,15,18H,4,7,10-12,14H2,1H3,(H,24,27)/t15-,18+/m1/s1. The smallest absolute Gasteiger partial charge is 0.244 e. The molecule has 2 aromatic carbocycles. The van der Waals surface area contributed by atoms with E-state index in [4.69, 9.17) is 9.47 Å². The highest BCUT2D eigenvalue weighted by Gasteiger charge is 2.37. The molecular weight excluding hydrogens is 382 g/mol. The van der Waals surface area contributed by atoms with Crippen molar-refractivity contribution in [1.29, 1.82) is 0 Å². The third-order valence-electron chi connectivity index (χ3n) is 6.14. The van der Waals surface area contributed by atoms with Crippen molar-refractivity contribution in [3.8, 4) is 11.5 Å². The van der Waals surface area contributed by atoms with Gasteiger partial charge in [0, 0.05) is 6.04 Å². The number of nitrogens with zero attached hydrogens (tertiary/aromatic N) is 2. The van der Waals surface area contributed by atoms with Crippen molar-refractivity contribution in [2.24, 2.45) is 0 Å².